The van der Waals surface area contributed by atoms with Gasteiger partial charge in [0.25, 0.3) is 0 Å². The van der Waals surface area contributed by atoms with Gasteiger partial charge in [0.2, 0.25) is 0 Å². The molecule has 4 aliphatic rings. The van der Waals surface area contributed by atoms with Gasteiger partial charge in [0.1, 0.15) is 5.78 Å². The lowest BCUT2D eigenvalue weighted by atomic mass is 9.50. The Morgan fingerprint density at radius 2 is 1.90 bits per heavy atom. The Morgan fingerprint density at radius 3 is 2.62 bits per heavy atom. The van der Waals surface area contributed by atoms with Crippen molar-refractivity contribution in [1.29, 1.82) is 0 Å². The van der Waals surface area contributed by atoms with E-state index in [-0.39, 0.29) is 22.5 Å². The Hall–Kier alpha value is -0.410. The number of hydrogen-bond acceptors (Lipinski definition) is 3. The molecule has 0 saturated heterocycles. The smallest absolute Gasteiger partial charge is 0.141 e. The van der Waals surface area contributed by atoms with E-state index in [9.17, 15) is 15.0 Å². The number of Topliss-reactive ketones (excluding diaryl/α,β-unsaturated/α-hetero) is 1. The summed E-state index contributed by atoms with van der Waals surface area (Å²) in [4.78, 5) is 12.8. The highest BCUT2D eigenvalue weighted by Crippen LogP contribution is 2.76. The lowest BCUT2D eigenvalue weighted by Crippen LogP contribution is -2.56. The molecule has 4 saturated carbocycles. The van der Waals surface area contributed by atoms with Gasteiger partial charge in [0, 0.05) is 11.8 Å². The molecule has 2 N–H and O–H groups in total. The molecule has 3 nitrogen and oxygen atoms in total. The number of ketones is 1. The first-order valence-corrected chi connectivity index (χ1v) is 8.70. The van der Waals surface area contributed by atoms with Crippen LogP contribution in [0.25, 0.3) is 0 Å². The molecule has 0 bridgehead atoms. The van der Waals surface area contributed by atoms with E-state index >= 15 is 0 Å². The van der Waals surface area contributed by atoms with Crippen molar-refractivity contribution in [2.45, 2.75) is 71.0 Å². The van der Waals surface area contributed by atoms with Crippen molar-refractivity contribution in [1.82, 2.24) is 0 Å². The zero-order valence-corrected chi connectivity index (χ0v) is 13.4. The predicted octanol–water partition coefficient (Wildman–Crippen LogP) is 2.54. The van der Waals surface area contributed by atoms with Gasteiger partial charge in [-0.1, -0.05) is 20.8 Å². The first-order chi connectivity index (χ1) is 9.76. The van der Waals surface area contributed by atoms with Crippen LogP contribution in [0.2, 0.25) is 0 Å². The largest absolute Gasteiger partial charge is 0.392 e. The third-order valence-electron chi connectivity index (χ3n) is 8.34. The average Bonchev–Trinajstić information content (AvgIpc) is 2.96. The van der Waals surface area contributed by atoms with Crippen LogP contribution >= 0.6 is 0 Å². The fourth-order valence-electron chi connectivity index (χ4n) is 7.34. The van der Waals surface area contributed by atoms with Gasteiger partial charge in [-0.3, -0.25) is 4.79 Å². The highest BCUT2D eigenvalue weighted by atomic mass is 16.3. The molecule has 0 aromatic heterocycles. The third kappa shape index (κ3) is 1.37. The molecule has 0 aromatic rings. The number of aliphatic hydroxyl groups excluding tert-OH is 1. The second kappa shape index (κ2) is 3.91. The van der Waals surface area contributed by atoms with Gasteiger partial charge in [-0.15, -0.1) is 0 Å². The molecular weight excluding hydrogens is 264 g/mol. The number of fused-ring (bicyclic) bond motifs is 2. The molecular formula is C18H28O3. The molecule has 3 heteroatoms. The predicted molar refractivity (Wildman–Crippen MR) is 79.5 cm³/mol. The molecule has 0 heterocycles. The Kier molecular flexibility index (Phi) is 2.65. The van der Waals surface area contributed by atoms with Crippen LogP contribution in [0, 0.1) is 34.5 Å². The van der Waals surface area contributed by atoms with Crippen LogP contribution in [-0.2, 0) is 4.79 Å². The van der Waals surface area contributed by atoms with Crippen molar-refractivity contribution in [3.8, 4) is 0 Å². The van der Waals surface area contributed by atoms with Gasteiger partial charge < -0.3 is 10.2 Å². The van der Waals surface area contributed by atoms with Gasteiger partial charge in [0.15, 0.2) is 0 Å². The highest BCUT2D eigenvalue weighted by molar-refractivity contribution is 5.87. The Bertz CT molecular complexity index is 503. The summed E-state index contributed by atoms with van der Waals surface area (Å²) in [6, 6.07) is 0. The van der Waals surface area contributed by atoms with Gasteiger partial charge in [-0.25, -0.2) is 0 Å². The fourth-order valence-corrected chi connectivity index (χ4v) is 7.34. The summed E-state index contributed by atoms with van der Waals surface area (Å²) in [5, 5.41) is 21.7. The van der Waals surface area contributed by atoms with E-state index in [4.69, 9.17) is 0 Å². The van der Waals surface area contributed by atoms with Crippen LogP contribution in [0.3, 0.4) is 0 Å². The summed E-state index contributed by atoms with van der Waals surface area (Å²) in [6.45, 7) is 6.53. The number of hydrogen-bond donors (Lipinski definition) is 2. The van der Waals surface area contributed by atoms with Crippen molar-refractivity contribution in [2.75, 3.05) is 0 Å². The molecule has 0 aromatic carbocycles. The minimum atomic E-state index is -0.586. The minimum absolute atomic E-state index is 0.120. The first-order valence-electron chi connectivity index (χ1n) is 8.70. The molecule has 8 atom stereocenters. The molecule has 0 amide bonds. The van der Waals surface area contributed by atoms with Crippen LogP contribution in [0.4, 0.5) is 0 Å². The van der Waals surface area contributed by atoms with Crippen LogP contribution in [0.1, 0.15) is 59.3 Å². The van der Waals surface area contributed by atoms with E-state index in [0.717, 1.165) is 32.1 Å². The van der Waals surface area contributed by atoms with Gasteiger partial charge in [-0.05, 0) is 61.2 Å². The molecule has 21 heavy (non-hydrogen) atoms. The summed E-state index contributed by atoms with van der Waals surface area (Å²) in [6.07, 6.45) is 4.51. The summed E-state index contributed by atoms with van der Waals surface area (Å²) >= 11 is 0. The first kappa shape index (κ1) is 14.2. The van der Waals surface area contributed by atoms with E-state index in [2.05, 4.69) is 20.8 Å². The summed E-state index contributed by atoms with van der Waals surface area (Å²) < 4.78 is 0. The number of aliphatic hydroxyl groups is 2. The van der Waals surface area contributed by atoms with E-state index in [1.807, 2.05) is 0 Å². The Labute approximate surface area is 127 Å². The van der Waals surface area contributed by atoms with Crippen LogP contribution in [-0.4, -0.2) is 27.7 Å². The molecule has 118 valence electrons. The van der Waals surface area contributed by atoms with Crippen LogP contribution in [0.5, 0.6) is 0 Å². The lowest BCUT2D eigenvalue weighted by Gasteiger charge is -2.53. The minimum Gasteiger partial charge on any atom is -0.392 e. The number of carbonyl (C=O) groups excluding carboxylic acids is 1. The van der Waals surface area contributed by atoms with E-state index in [1.165, 1.54) is 0 Å². The van der Waals surface area contributed by atoms with Crippen molar-refractivity contribution in [2.24, 2.45) is 34.5 Å². The molecule has 0 radical (unpaired) electrons. The lowest BCUT2D eigenvalue weighted by molar-refractivity contribution is -0.159. The highest BCUT2D eigenvalue weighted by Gasteiger charge is 2.75. The van der Waals surface area contributed by atoms with E-state index < -0.39 is 11.7 Å². The third-order valence-corrected chi connectivity index (χ3v) is 8.34. The van der Waals surface area contributed by atoms with E-state index in [0.29, 0.717) is 24.2 Å². The maximum absolute atomic E-state index is 12.8. The van der Waals surface area contributed by atoms with Crippen molar-refractivity contribution in [3.63, 3.8) is 0 Å². The number of carbonyl (C=O) groups is 1. The quantitative estimate of drug-likeness (QED) is 0.721. The number of rotatable bonds is 0. The second-order valence-electron chi connectivity index (χ2n) is 8.82. The SMILES string of the molecule is CC1CCC2(O)CC34C(C)C(O)CC(=O)C3(C)CCC4C12. The summed E-state index contributed by atoms with van der Waals surface area (Å²) in [5.74, 6) is 1.66. The standard InChI is InChI=1S/C18H28O3/c1-10-4-7-17(21)9-18-11(2)13(19)8-14(20)16(18,3)6-5-12(18)15(10)17/h10-13,15,19,21H,4-9H2,1-3H3. The molecule has 4 fully saturated rings. The topological polar surface area (TPSA) is 57.5 Å². The fraction of sp³-hybridized carbons (Fsp3) is 0.944. The molecule has 1 spiro atoms. The van der Waals surface area contributed by atoms with Gasteiger partial charge in [0.05, 0.1) is 11.7 Å². The maximum atomic E-state index is 12.8. The van der Waals surface area contributed by atoms with Crippen LogP contribution in [0.15, 0.2) is 0 Å². The van der Waals surface area contributed by atoms with Crippen molar-refractivity contribution >= 4 is 5.78 Å². The van der Waals surface area contributed by atoms with Gasteiger partial charge >= 0.3 is 0 Å². The summed E-state index contributed by atoms with van der Waals surface area (Å²) in [5.41, 5.74) is -1.08. The summed E-state index contributed by atoms with van der Waals surface area (Å²) in [7, 11) is 0. The molecule has 4 rings (SSSR count). The zero-order valence-electron chi connectivity index (χ0n) is 13.4. The normalized spacial score (nSPS) is 62.5. The van der Waals surface area contributed by atoms with Gasteiger partial charge in [-0.2, -0.15) is 0 Å². The molecule has 4 aliphatic carbocycles. The van der Waals surface area contributed by atoms with E-state index in [1.54, 1.807) is 0 Å². The molecule has 0 aliphatic heterocycles. The Morgan fingerprint density at radius 1 is 1.19 bits per heavy atom. The monoisotopic (exact) mass is 292 g/mol. The Balaban J connectivity index is 1.87. The zero-order chi connectivity index (χ0) is 15.2. The van der Waals surface area contributed by atoms with Crippen molar-refractivity contribution < 1.29 is 15.0 Å². The molecule has 8 unspecified atom stereocenters. The van der Waals surface area contributed by atoms with Crippen LogP contribution < -0.4 is 0 Å². The van der Waals surface area contributed by atoms with Crippen molar-refractivity contribution in [3.05, 3.63) is 0 Å². The average molecular weight is 292 g/mol. The maximum Gasteiger partial charge on any atom is 0.141 e. The second-order valence-corrected chi connectivity index (χ2v) is 8.82.